The van der Waals surface area contributed by atoms with Crippen LogP contribution in [0.2, 0.25) is 0 Å². The van der Waals surface area contributed by atoms with Gasteiger partial charge in [0.25, 0.3) is 5.91 Å². The van der Waals surface area contributed by atoms with Crippen molar-refractivity contribution in [1.82, 2.24) is 24.4 Å². The van der Waals surface area contributed by atoms with Crippen molar-refractivity contribution >= 4 is 17.5 Å². The minimum atomic E-state index is -4.86. The van der Waals surface area contributed by atoms with E-state index in [0.29, 0.717) is 21.7 Å². The Labute approximate surface area is 234 Å². The molecule has 14 heteroatoms. The highest BCUT2D eigenvalue weighted by Crippen LogP contribution is 2.37. The quantitative estimate of drug-likeness (QED) is 0.273. The van der Waals surface area contributed by atoms with Gasteiger partial charge in [0, 0.05) is 42.4 Å². The Morgan fingerprint density at radius 3 is 2.43 bits per heavy atom. The third kappa shape index (κ3) is 5.06. The Morgan fingerprint density at radius 2 is 1.79 bits per heavy atom. The van der Waals surface area contributed by atoms with E-state index < -0.39 is 53.7 Å². The lowest BCUT2D eigenvalue weighted by Gasteiger charge is -2.39. The summed E-state index contributed by atoms with van der Waals surface area (Å²) >= 11 is 0. The highest BCUT2D eigenvalue weighted by Gasteiger charge is 2.40. The topological polar surface area (TPSA) is 91.0 Å². The molecule has 2 aromatic heterocycles. The molecular formula is C28H23F6N5O3. The van der Waals surface area contributed by atoms with Gasteiger partial charge in [0.2, 0.25) is 5.91 Å². The van der Waals surface area contributed by atoms with Gasteiger partial charge in [-0.25, -0.2) is 22.7 Å². The van der Waals surface area contributed by atoms with E-state index in [1.165, 1.54) is 38.1 Å². The van der Waals surface area contributed by atoms with Crippen molar-refractivity contribution in [1.29, 1.82) is 0 Å². The summed E-state index contributed by atoms with van der Waals surface area (Å²) < 4.78 is 84.7. The Hall–Kier alpha value is -4.46. The molecule has 1 fully saturated rings. The molecule has 2 amide bonds. The number of halogens is 6. The Kier molecular flexibility index (Phi) is 7.43. The van der Waals surface area contributed by atoms with Crippen molar-refractivity contribution in [2.45, 2.75) is 39.2 Å². The molecule has 0 saturated carbocycles. The van der Waals surface area contributed by atoms with Gasteiger partial charge in [0.05, 0.1) is 18.5 Å². The van der Waals surface area contributed by atoms with Crippen LogP contribution in [0.25, 0.3) is 16.9 Å². The number of hydrogen-bond acceptors (Lipinski definition) is 5. The van der Waals surface area contributed by atoms with Crippen LogP contribution in [0.4, 0.5) is 26.3 Å². The van der Waals surface area contributed by atoms with Gasteiger partial charge in [-0.3, -0.25) is 9.59 Å². The van der Waals surface area contributed by atoms with Crippen molar-refractivity contribution in [3.05, 3.63) is 88.0 Å². The minimum absolute atomic E-state index is 0.0489. The fourth-order valence-corrected chi connectivity index (χ4v) is 5.06. The van der Waals surface area contributed by atoms with Crippen molar-refractivity contribution in [3.63, 3.8) is 0 Å². The fourth-order valence-electron chi connectivity index (χ4n) is 5.06. The summed E-state index contributed by atoms with van der Waals surface area (Å²) in [5.74, 6) is -5.18. The fraction of sp³-hybridized carbons (Fsp3) is 0.286. The van der Waals surface area contributed by atoms with E-state index in [4.69, 9.17) is 0 Å². The summed E-state index contributed by atoms with van der Waals surface area (Å²) in [6, 6.07) is 6.09. The summed E-state index contributed by atoms with van der Waals surface area (Å²) in [5.41, 5.74) is -1.59. The van der Waals surface area contributed by atoms with Gasteiger partial charge in [-0.15, -0.1) is 0 Å². The Balaban J connectivity index is 1.50. The number of alkyl halides is 3. The minimum Gasteiger partial charge on any atom is -0.392 e. The first-order chi connectivity index (χ1) is 19.8. The molecule has 42 heavy (non-hydrogen) atoms. The van der Waals surface area contributed by atoms with Gasteiger partial charge < -0.3 is 14.9 Å². The third-order valence-electron chi connectivity index (χ3n) is 7.23. The Bertz CT molecular complexity index is 1700. The molecule has 1 aliphatic heterocycles. The first-order valence-corrected chi connectivity index (χ1v) is 12.7. The maximum Gasteiger partial charge on any atom is 0.433 e. The molecule has 1 saturated heterocycles. The zero-order valence-electron chi connectivity index (χ0n) is 22.2. The van der Waals surface area contributed by atoms with E-state index in [1.54, 1.807) is 0 Å². The second-order valence-corrected chi connectivity index (χ2v) is 9.88. The molecule has 0 radical (unpaired) electrons. The highest BCUT2D eigenvalue weighted by molar-refractivity contribution is 6.02. The maximum absolute atomic E-state index is 14.2. The number of hydrogen-bond donors (Lipinski definition) is 1. The zero-order chi connectivity index (χ0) is 30.5. The highest BCUT2D eigenvalue weighted by atomic mass is 19.4. The number of rotatable bonds is 5. The number of nitrogens with zero attached hydrogens (tertiary/aromatic N) is 5. The van der Waals surface area contributed by atoms with Crippen LogP contribution < -0.4 is 0 Å². The van der Waals surface area contributed by atoms with E-state index >= 15 is 0 Å². The molecule has 0 unspecified atom stereocenters. The maximum atomic E-state index is 14.2. The van der Waals surface area contributed by atoms with Crippen LogP contribution in [0.15, 0.2) is 42.6 Å². The molecule has 8 nitrogen and oxygen atoms in total. The summed E-state index contributed by atoms with van der Waals surface area (Å²) in [6.07, 6.45) is -3.91. The average Bonchev–Trinajstić information content (AvgIpc) is 3.35. The van der Waals surface area contributed by atoms with E-state index in [9.17, 15) is 41.0 Å². The van der Waals surface area contributed by atoms with Crippen LogP contribution in [0, 0.1) is 24.4 Å². The number of aromatic nitrogens is 3. The van der Waals surface area contributed by atoms with E-state index in [2.05, 4.69) is 10.1 Å². The number of carbonyl (C=O) groups is 2. The molecule has 0 bridgehead atoms. The van der Waals surface area contributed by atoms with Crippen molar-refractivity contribution < 1.29 is 41.0 Å². The number of benzene rings is 2. The number of carbonyl (C=O) groups excluding carboxylic acids is 2. The van der Waals surface area contributed by atoms with Crippen LogP contribution in [-0.4, -0.2) is 60.5 Å². The van der Waals surface area contributed by atoms with Gasteiger partial charge in [-0.1, -0.05) is 24.3 Å². The summed E-state index contributed by atoms with van der Waals surface area (Å²) in [7, 11) is 0. The van der Waals surface area contributed by atoms with Gasteiger partial charge in [-0.05, 0) is 25.5 Å². The molecule has 2 aromatic carbocycles. The predicted octanol–water partition coefficient (Wildman–Crippen LogP) is 4.51. The van der Waals surface area contributed by atoms with Gasteiger partial charge in [0.1, 0.15) is 17.4 Å². The van der Waals surface area contributed by atoms with Gasteiger partial charge in [-0.2, -0.15) is 18.3 Å². The number of aliphatic hydroxyl groups is 1. The van der Waals surface area contributed by atoms with Crippen LogP contribution in [0.1, 0.15) is 39.7 Å². The molecule has 1 N–H and O–H groups in total. The second-order valence-electron chi connectivity index (χ2n) is 9.88. The standard InChI is InChI=1S/C28H23F6N5O3/c1-14-23(17-5-3-16(13-40)4-6-17)36-25-20(11-35-39(25)24(14)28(32,33)34)27(42)38-8-7-37(26(41)15(38)2)12-18-9-19(29)10-21(30)22(18)31/h3-6,9-11,15,40H,7-8,12-13H2,1-2H3/t15-/m1/s1. The van der Waals surface area contributed by atoms with Gasteiger partial charge in [0.15, 0.2) is 23.0 Å². The first-order valence-electron chi connectivity index (χ1n) is 12.7. The molecular weight excluding hydrogens is 568 g/mol. The monoisotopic (exact) mass is 591 g/mol. The van der Waals surface area contributed by atoms with E-state index in [0.717, 1.165) is 22.1 Å². The number of piperazine rings is 1. The van der Waals surface area contributed by atoms with Crippen LogP contribution in [0.3, 0.4) is 0 Å². The lowest BCUT2D eigenvalue weighted by atomic mass is 10.0. The molecule has 3 heterocycles. The smallest absolute Gasteiger partial charge is 0.392 e. The van der Waals surface area contributed by atoms with Crippen molar-refractivity contribution in [2.24, 2.45) is 0 Å². The van der Waals surface area contributed by atoms with Gasteiger partial charge >= 0.3 is 6.18 Å². The number of aliphatic hydroxyl groups excluding tert-OH is 1. The molecule has 0 aliphatic carbocycles. The average molecular weight is 592 g/mol. The van der Waals surface area contributed by atoms with Crippen LogP contribution in [-0.2, 0) is 24.1 Å². The van der Waals surface area contributed by atoms with Crippen LogP contribution >= 0.6 is 0 Å². The summed E-state index contributed by atoms with van der Waals surface area (Å²) in [4.78, 5) is 33.3. The molecule has 5 rings (SSSR count). The zero-order valence-corrected chi connectivity index (χ0v) is 22.2. The molecule has 0 spiro atoms. The van der Waals surface area contributed by atoms with Crippen molar-refractivity contribution in [3.8, 4) is 11.3 Å². The van der Waals surface area contributed by atoms with Crippen LogP contribution in [0.5, 0.6) is 0 Å². The lowest BCUT2D eigenvalue weighted by Crippen LogP contribution is -2.57. The van der Waals surface area contributed by atoms with E-state index in [-0.39, 0.29) is 47.7 Å². The molecule has 1 atom stereocenters. The molecule has 1 aliphatic rings. The first kappa shape index (κ1) is 29.0. The predicted molar refractivity (Wildman–Crippen MR) is 136 cm³/mol. The Morgan fingerprint density at radius 1 is 1.10 bits per heavy atom. The SMILES string of the molecule is Cc1c(-c2ccc(CO)cc2)nc2c(C(=O)N3CCN(Cc4cc(F)cc(F)c4F)C(=O)[C@H]3C)cnn2c1C(F)(F)F. The second kappa shape index (κ2) is 10.7. The summed E-state index contributed by atoms with van der Waals surface area (Å²) in [5, 5.41) is 13.1. The normalized spacial score (nSPS) is 16.0. The van der Waals surface area contributed by atoms with Crippen molar-refractivity contribution in [2.75, 3.05) is 13.1 Å². The third-order valence-corrected chi connectivity index (χ3v) is 7.23. The van der Waals surface area contributed by atoms with E-state index in [1.807, 2.05) is 0 Å². The summed E-state index contributed by atoms with van der Waals surface area (Å²) in [6.45, 7) is 1.68. The largest absolute Gasteiger partial charge is 0.433 e. The molecule has 220 valence electrons. The lowest BCUT2D eigenvalue weighted by molar-refractivity contribution is -0.143. The molecule has 4 aromatic rings. The number of amides is 2. The number of fused-ring (bicyclic) bond motifs is 1.